The third-order valence-corrected chi connectivity index (χ3v) is 4.74. The molecule has 0 fully saturated rings. The van der Waals surface area contributed by atoms with Crippen LogP contribution in [0, 0.1) is 0 Å². The van der Waals surface area contributed by atoms with Gasteiger partial charge in [0.05, 0.1) is 25.9 Å². The molecule has 3 heteroatoms. The molecule has 0 bridgehead atoms. The zero-order chi connectivity index (χ0) is 18.0. The van der Waals surface area contributed by atoms with Gasteiger partial charge in [-0.15, -0.1) is 0 Å². The summed E-state index contributed by atoms with van der Waals surface area (Å²) in [6, 6.07) is 20.7. The van der Waals surface area contributed by atoms with Gasteiger partial charge in [-0.3, -0.25) is 0 Å². The van der Waals surface area contributed by atoms with Crippen molar-refractivity contribution in [2.75, 3.05) is 26.7 Å². The van der Waals surface area contributed by atoms with Crippen LogP contribution >= 0.6 is 0 Å². The van der Waals surface area contributed by atoms with Gasteiger partial charge in [0.15, 0.2) is 0 Å². The first-order valence-electron chi connectivity index (χ1n) is 9.45. The topological polar surface area (TPSA) is 21.7 Å². The van der Waals surface area contributed by atoms with Gasteiger partial charge in [-0.2, -0.15) is 0 Å². The molecule has 1 aliphatic heterocycles. The first-order chi connectivity index (χ1) is 12.8. The predicted molar refractivity (Wildman–Crippen MR) is 106 cm³/mol. The van der Waals surface area contributed by atoms with E-state index in [2.05, 4.69) is 66.6 Å². The Kier molecular flexibility index (Phi) is 7.44. The molecule has 1 heterocycles. The molecule has 0 saturated heterocycles. The van der Waals surface area contributed by atoms with Crippen LogP contribution in [0.5, 0.6) is 0 Å². The number of nitrogens with zero attached hydrogens (tertiary/aromatic N) is 1. The van der Waals surface area contributed by atoms with Crippen molar-refractivity contribution in [1.82, 2.24) is 4.90 Å². The molecule has 1 unspecified atom stereocenters. The van der Waals surface area contributed by atoms with Crippen molar-refractivity contribution in [2.45, 2.75) is 32.2 Å². The van der Waals surface area contributed by atoms with Crippen LogP contribution in [-0.4, -0.2) is 37.7 Å². The molecule has 0 aromatic heterocycles. The summed E-state index contributed by atoms with van der Waals surface area (Å²) in [7, 11) is 2.18. The lowest BCUT2D eigenvalue weighted by Gasteiger charge is -2.25. The third-order valence-electron chi connectivity index (χ3n) is 4.74. The van der Waals surface area contributed by atoms with Gasteiger partial charge in [-0.25, -0.2) is 0 Å². The lowest BCUT2D eigenvalue weighted by Crippen LogP contribution is -2.28. The summed E-state index contributed by atoms with van der Waals surface area (Å²) in [5.41, 5.74) is 3.77. The lowest BCUT2D eigenvalue weighted by molar-refractivity contribution is 0.0558. The van der Waals surface area contributed by atoms with Gasteiger partial charge in [0.25, 0.3) is 0 Å². The highest BCUT2D eigenvalue weighted by Crippen LogP contribution is 2.16. The Morgan fingerprint density at radius 1 is 0.846 bits per heavy atom. The van der Waals surface area contributed by atoms with Crippen molar-refractivity contribution in [2.24, 2.45) is 0 Å². The van der Waals surface area contributed by atoms with Crippen LogP contribution < -0.4 is 0 Å². The first kappa shape index (κ1) is 18.8. The average molecular weight is 351 g/mol. The maximum absolute atomic E-state index is 6.19. The van der Waals surface area contributed by atoms with E-state index in [1.165, 1.54) is 16.7 Å². The van der Waals surface area contributed by atoms with Crippen molar-refractivity contribution in [3.63, 3.8) is 0 Å². The minimum absolute atomic E-state index is 0.147. The second-order valence-electron chi connectivity index (χ2n) is 6.98. The maximum Gasteiger partial charge on any atom is 0.0776 e. The van der Waals surface area contributed by atoms with Crippen molar-refractivity contribution in [1.29, 1.82) is 0 Å². The monoisotopic (exact) mass is 351 g/mol. The molecule has 2 aromatic carbocycles. The summed E-state index contributed by atoms with van der Waals surface area (Å²) < 4.78 is 12.1. The smallest absolute Gasteiger partial charge is 0.0776 e. The molecule has 26 heavy (non-hydrogen) atoms. The van der Waals surface area contributed by atoms with E-state index in [0.717, 1.165) is 25.9 Å². The molecular formula is C23H29NO2. The number of rotatable bonds is 7. The van der Waals surface area contributed by atoms with Crippen molar-refractivity contribution in [3.05, 3.63) is 83.4 Å². The van der Waals surface area contributed by atoms with Gasteiger partial charge in [-0.05, 0) is 36.6 Å². The molecule has 0 saturated carbocycles. The number of hydrogen-bond acceptors (Lipinski definition) is 3. The third kappa shape index (κ3) is 6.41. The second kappa shape index (κ2) is 10.3. The first-order valence-corrected chi connectivity index (χ1v) is 9.45. The molecule has 0 N–H and O–H groups in total. The van der Waals surface area contributed by atoms with Crippen LogP contribution in [0.1, 0.15) is 24.0 Å². The van der Waals surface area contributed by atoms with Crippen LogP contribution in [0.15, 0.2) is 72.3 Å². The Morgan fingerprint density at radius 2 is 1.50 bits per heavy atom. The molecule has 0 radical (unpaired) electrons. The summed E-state index contributed by atoms with van der Waals surface area (Å²) in [5.74, 6) is 0. The minimum atomic E-state index is 0.147. The van der Waals surface area contributed by atoms with Gasteiger partial charge in [0.2, 0.25) is 0 Å². The van der Waals surface area contributed by atoms with E-state index < -0.39 is 0 Å². The Labute approximate surface area is 157 Å². The Balaban J connectivity index is 1.55. The number of benzene rings is 2. The van der Waals surface area contributed by atoms with E-state index in [1.54, 1.807) is 0 Å². The van der Waals surface area contributed by atoms with Crippen molar-refractivity contribution >= 4 is 0 Å². The fourth-order valence-corrected chi connectivity index (χ4v) is 3.13. The molecule has 0 amide bonds. The number of hydrogen-bond donors (Lipinski definition) is 0. The SMILES string of the molecule is CN1CC/C(COCc2ccccc2)=C\C(OCc2ccccc2)CC1. The predicted octanol–water partition coefficient (Wildman–Crippen LogP) is 4.44. The largest absolute Gasteiger partial charge is 0.372 e. The highest BCUT2D eigenvalue weighted by molar-refractivity contribution is 5.15. The zero-order valence-electron chi connectivity index (χ0n) is 15.6. The van der Waals surface area contributed by atoms with Crippen molar-refractivity contribution in [3.8, 4) is 0 Å². The highest BCUT2D eigenvalue weighted by Gasteiger charge is 2.14. The fraction of sp³-hybridized carbons (Fsp3) is 0.391. The Bertz CT molecular complexity index is 669. The molecule has 3 rings (SSSR count). The fourth-order valence-electron chi connectivity index (χ4n) is 3.13. The van der Waals surface area contributed by atoms with Crippen LogP contribution in [0.2, 0.25) is 0 Å². The van der Waals surface area contributed by atoms with E-state index in [0.29, 0.717) is 19.8 Å². The second-order valence-corrected chi connectivity index (χ2v) is 6.98. The van der Waals surface area contributed by atoms with Crippen LogP contribution in [0.4, 0.5) is 0 Å². The molecule has 2 aromatic rings. The molecule has 1 atom stereocenters. The average Bonchev–Trinajstić information content (AvgIpc) is 2.68. The van der Waals surface area contributed by atoms with E-state index in [-0.39, 0.29) is 6.10 Å². The van der Waals surface area contributed by atoms with E-state index in [4.69, 9.17) is 9.47 Å². The van der Waals surface area contributed by atoms with E-state index in [9.17, 15) is 0 Å². The van der Waals surface area contributed by atoms with Crippen LogP contribution in [0.25, 0.3) is 0 Å². The minimum Gasteiger partial charge on any atom is -0.372 e. The summed E-state index contributed by atoms with van der Waals surface area (Å²) in [6.07, 6.45) is 4.50. The molecule has 3 nitrogen and oxygen atoms in total. The summed E-state index contributed by atoms with van der Waals surface area (Å²) in [6.45, 7) is 4.13. The quantitative estimate of drug-likeness (QED) is 0.688. The molecule has 1 aliphatic rings. The zero-order valence-corrected chi connectivity index (χ0v) is 15.6. The number of ether oxygens (including phenoxy) is 2. The molecule has 0 aliphatic carbocycles. The summed E-state index contributed by atoms with van der Waals surface area (Å²) in [4.78, 5) is 2.38. The van der Waals surface area contributed by atoms with Crippen LogP contribution in [-0.2, 0) is 22.7 Å². The van der Waals surface area contributed by atoms with Gasteiger partial charge in [0, 0.05) is 13.1 Å². The summed E-state index contributed by atoms with van der Waals surface area (Å²) in [5, 5.41) is 0. The Hall–Kier alpha value is -1.94. The van der Waals surface area contributed by atoms with E-state index in [1.807, 2.05) is 12.1 Å². The van der Waals surface area contributed by atoms with Gasteiger partial charge >= 0.3 is 0 Å². The van der Waals surface area contributed by atoms with Gasteiger partial charge < -0.3 is 14.4 Å². The van der Waals surface area contributed by atoms with Crippen molar-refractivity contribution < 1.29 is 9.47 Å². The van der Waals surface area contributed by atoms with Gasteiger partial charge in [0.1, 0.15) is 0 Å². The van der Waals surface area contributed by atoms with Gasteiger partial charge in [-0.1, -0.05) is 66.7 Å². The molecular weight excluding hydrogens is 322 g/mol. The Morgan fingerprint density at radius 3 is 2.19 bits per heavy atom. The van der Waals surface area contributed by atoms with Crippen LogP contribution in [0.3, 0.4) is 0 Å². The lowest BCUT2D eigenvalue weighted by atomic mass is 10.1. The standard InChI is InChI=1S/C23H29NO2/c1-24-14-12-22(18-25-17-20-8-4-2-5-9-20)16-23(13-15-24)26-19-21-10-6-3-7-11-21/h2-11,16,23H,12-15,17-19H2,1H3/b22-16+. The molecule has 138 valence electrons. The molecule has 0 spiro atoms. The normalized spacial score (nSPS) is 20.8. The summed E-state index contributed by atoms with van der Waals surface area (Å²) >= 11 is 0. The highest BCUT2D eigenvalue weighted by atomic mass is 16.5. The maximum atomic E-state index is 6.19. The van der Waals surface area contributed by atoms with E-state index >= 15 is 0 Å².